The first-order valence-corrected chi connectivity index (χ1v) is 5.63. The minimum Gasteiger partial charge on any atom is -0.301 e. The summed E-state index contributed by atoms with van der Waals surface area (Å²) in [5, 5.41) is 19.0. The minimum absolute atomic E-state index is 0.158. The largest absolute Gasteiger partial charge is 0.301 e. The van der Waals surface area contributed by atoms with E-state index in [-0.39, 0.29) is 5.91 Å². The molecule has 0 unspecified atom stereocenters. The SMILES string of the molecule is CC(=O)Nc1nnc(SCCC#N)s1. The molecule has 5 nitrogen and oxygen atoms in total. The zero-order chi connectivity index (χ0) is 10.4. The summed E-state index contributed by atoms with van der Waals surface area (Å²) in [6, 6.07) is 2.04. The lowest BCUT2D eigenvalue weighted by atomic mass is 10.6. The Hall–Kier alpha value is -1.13. The van der Waals surface area contributed by atoms with Gasteiger partial charge in [0.2, 0.25) is 11.0 Å². The van der Waals surface area contributed by atoms with Gasteiger partial charge in [0.15, 0.2) is 4.34 Å². The maximum absolute atomic E-state index is 10.7. The summed E-state index contributed by atoms with van der Waals surface area (Å²) < 4.78 is 0.768. The lowest BCUT2D eigenvalue weighted by Crippen LogP contribution is -2.04. The van der Waals surface area contributed by atoms with Crippen molar-refractivity contribution in [3.63, 3.8) is 0 Å². The van der Waals surface area contributed by atoms with Crippen LogP contribution in [0.4, 0.5) is 5.13 Å². The van der Waals surface area contributed by atoms with Crippen molar-refractivity contribution in [2.24, 2.45) is 0 Å². The predicted octanol–water partition coefficient (Wildman–Crippen LogP) is 1.50. The number of nitrogens with one attached hydrogen (secondary N) is 1. The summed E-state index contributed by atoms with van der Waals surface area (Å²) in [6.45, 7) is 1.42. The maximum Gasteiger partial charge on any atom is 0.223 e. The van der Waals surface area contributed by atoms with E-state index in [1.165, 1.54) is 30.0 Å². The van der Waals surface area contributed by atoms with Gasteiger partial charge in [-0.15, -0.1) is 10.2 Å². The summed E-state index contributed by atoms with van der Waals surface area (Å²) in [6.07, 6.45) is 0.486. The van der Waals surface area contributed by atoms with E-state index >= 15 is 0 Å². The van der Waals surface area contributed by atoms with E-state index < -0.39 is 0 Å². The number of thioether (sulfide) groups is 1. The van der Waals surface area contributed by atoms with Crippen molar-refractivity contribution in [2.45, 2.75) is 17.7 Å². The second-order valence-electron chi connectivity index (χ2n) is 2.31. The Morgan fingerprint density at radius 2 is 2.50 bits per heavy atom. The van der Waals surface area contributed by atoms with Crippen LogP contribution in [0.5, 0.6) is 0 Å². The standard InChI is InChI=1S/C7H8N4OS2/c1-5(12)9-6-10-11-7(14-6)13-4-2-3-8/h2,4H2,1H3,(H,9,10,12). The molecule has 0 spiro atoms. The monoisotopic (exact) mass is 228 g/mol. The van der Waals surface area contributed by atoms with Crippen LogP contribution in [-0.4, -0.2) is 21.9 Å². The van der Waals surface area contributed by atoms with Gasteiger partial charge in [-0.05, 0) is 0 Å². The number of hydrogen-bond donors (Lipinski definition) is 1. The molecule has 0 bridgehead atoms. The summed E-state index contributed by atoms with van der Waals surface area (Å²) in [4.78, 5) is 10.7. The van der Waals surface area contributed by atoms with Crippen molar-refractivity contribution in [3.8, 4) is 6.07 Å². The lowest BCUT2D eigenvalue weighted by molar-refractivity contribution is -0.114. The van der Waals surface area contributed by atoms with Crippen LogP contribution in [0.2, 0.25) is 0 Å². The van der Waals surface area contributed by atoms with Gasteiger partial charge in [-0.3, -0.25) is 4.79 Å². The number of rotatable bonds is 4. The number of aromatic nitrogens is 2. The normalized spacial score (nSPS) is 9.43. The second-order valence-corrected chi connectivity index (χ2v) is 4.63. The number of hydrogen-bond acceptors (Lipinski definition) is 6. The maximum atomic E-state index is 10.7. The number of anilines is 1. The molecule has 0 aromatic carbocycles. The van der Waals surface area contributed by atoms with Crippen LogP contribution in [0.25, 0.3) is 0 Å². The molecule has 0 saturated heterocycles. The fourth-order valence-corrected chi connectivity index (χ4v) is 2.37. The molecule has 1 amide bonds. The second kappa shape index (κ2) is 5.57. The zero-order valence-electron chi connectivity index (χ0n) is 7.48. The van der Waals surface area contributed by atoms with E-state index in [0.717, 1.165) is 4.34 Å². The van der Waals surface area contributed by atoms with Gasteiger partial charge in [-0.25, -0.2) is 0 Å². The van der Waals surface area contributed by atoms with Gasteiger partial charge in [0, 0.05) is 19.1 Å². The van der Waals surface area contributed by atoms with Crippen molar-refractivity contribution in [1.29, 1.82) is 5.26 Å². The molecule has 0 aliphatic carbocycles. The highest BCUT2D eigenvalue weighted by molar-refractivity contribution is 8.01. The third kappa shape index (κ3) is 3.72. The van der Waals surface area contributed by atoms with Gasteiger partial charge in [0.1, 0.15) is 0 Å². The first-order valence-electron chi connectivity index (χ1n) is 3.83. The molecule has 1 rings (SSSR count). The fourth-order valence-electron chi connectivity index (χ4n) is 0.653. The molecular formula is C7H8N4OS2. The Kier molecular flexibility index (Phi) is 4.35. The Balaban J connectivity index is 2.43. The van der Waals surface area contributed by atoms with Gasteiger partial charge < -0.3 is 5.32 Å². The molecule has 74 valence electrons. The highest BCUT2D eigenvalue weighted by Gasteiger charge is 2.04. The molecule has 1 N–H and O–H groups in total. The highest BCUT2D eigenvalue weighted by atomic mass is 32.2. The molecule has 0 atom stereocenters. The summed E-state index contributed by atoms with van der Waals surface area (Å²) in [7, 11) is 0. The van der Waals surface area contributed by atoms with Crippen LogP contribution in [-0.2, 0) is 4.79 Å². The third-order valence-electron chi connectivity index (χ3n) is 1.13. The van der Waals surface area contributed by atoms with E-state index in [9.17, 15) is 4.79 Å². The average Bonchev–Trinajstić information content (AvgIpc) is 2.52. The first kappa shape index (κ1) is 10.9. The highest BCUT2D eigenvalue weighted by Crippen LogP contribution is 2.25. The van der Waals surface area contributed by atoms with Crippen molar-refractivity contribution in [3.05, 3.63) is 0 Å². The molecule has 1 heterocycles. The smallest absolute Gasteiger partial charge is 0.223 e. The number of amides is 1. The predicted molar refractivity (Wildman–Crippen MR) is 55.2 cm³/mol. The van der Waals surface area contributed by atoms with Crippen molar-refractivity contribution in [2.75, 3.05) is 11.1 Å². The average molecular weight is 228 g/mol. The number of nitrogens with zero attached hydrogens (tertiary/aromatic N) is 3. The Morgan fingerprint density at radius 3 is 3.14 bits per heavy atom. The molecule has 7 heteroatoms. The molecular weight excluding hydrogens is 220 g/mol. The van der Waals surface area contributed by atoms with E-state index in [4.69, 9.17) is 5.26 Å². The third-order valence-corrected chi connectivity index (χ3v) is 3.10. The molecule has 1 aromatic rings. The van der Waals surface area contributed by atoms with Crippen molar-refractivity contribution < 1.29 is 4.79 Å². The van der Waals surface area contributed by atoms with Crippen molar-refractivity contribution >= 4 is 34.1 Å². The summed E-state index contributed by atoms with van der Waals surface area (Å²) in [5.41, 5.74) is 0. The van der Waals surface area contributed by atoms with E-state index in [1.54, 1.807) is 0 Å². The Bertz CT molecular complexity index is 357. The molecule has 0 fully saturated rings. The topological polar surface area (TPSA) is 78.7 Å². The number of carbonyl (C=O) groups is 1. The summed E-state index contributed by atoms with van der Waals surface area (Å²) in [5.74, 6) is 0.542. The van der Waals surface area contributed by atoms with E-state index in [0.29, 0.717) is 17.3 Å². The van der Waals surface area contributed by atoms with Crippen LogP contribution in [0.1, 0.15) is 13.3 Å². The Morgan fingerprint density at radius 1 is 1.71 bits per heavy atom. The fraction of sp³-hybridized carbons (Fsp3) is 0.429. The van der Waals surface area contributed by atoms with E-state index in [1.807, 2.05) is 6.07 Å². The van der Waals surface area contributed by atoms with Crippen LogP contribution < -0.4 is 5.32 Å². The zero-order valence-corrected chi connectivity index (χ0v) is 9.11. The molecule has 1 aromatic heterocycles. The van der Waals surface area contributed by atoms with Crippen LogP contribution in [0.3, 0.4) is 0 Å². The molecule has 0 radical (unpaired) electrons. The molecule has 0 aliphatic rings. The summed E-state index contributed by atoms with van der Waals surface area (Å²) >= 11 is 2.78. The van der Waals surface area contributed by atoms with Crippen LogP contribution >= 0.6 is 23.1 Å². The van der Waals surface area contributed by atoms with E-state index in [2.05, 4.69) is 15.5 Å². The van der Waals surface area contributed by atoms with Crippen LogP contribution in [0.15, 0.2) is 4.34 Å². The van der Waals surface area contributed by atoms with Crippen molar-refractivity contribution in [1.82, 2.24) is 10.2 Å². The Labute approximate surface area is 89.5 Å². The first-order chi connectivity index (χ1) is 6.72. The van der Waals surface area contributed by atoms with Crippen LogP contribution in [0, 0.1) is 11.3 Å². The minimum atomic E-state index is -0.158. The number of carbonyl (C=O) groups excluding carboxylic acids is 1. The number of nitriles is 1. The van der Waals surface area contributed by atoms with Gasteiger partial charge in [0.25, 0.3) is 0 Å². The van der Waals surface area contributed by atoms with Gasteiger partial charge >= 0.3 is 0 Å². The van der Waals surface area contributed by atoms with Gasteiger partial charge in [-0.2, -0.15) is 5.26 Å². The van der Waals surface area contributed by atoms with Gasteiger partial charge in [0.05, 0.1) is 6.07 Å². The molecule has 0 saturated carbocycles. The van der Waals surface area contributed by atoms with Gasteiger partial charge in [-0.1, -0.05) is 23.1 Å². The lowest BCUT2D eigenvalue weighted by Gasteiger charge is -1.91. The molecule has 14 heavy (non-hydrogen) atoms. The quantitative estimate of drug-likeness (QED) is 0.480. The molecule has 0 aliphatic heterocycles.